The van der Waals surface area contributed by atoms with Crippen molar-refractivity contribution in [2.24, 2.45) is 17.8 Å². The summed E-state index contributed by atoms with van der Waals surface area (Å²) < 4.78 is 0. The highest BCUT2D eigenvalue weighted by Gasteiger charge is 2.35. The zero-order chi connectivity index (χ0) is 13.8. The highest BCUT2D eigenvalue weighted by atomic mass is 16.3. The third kappa shape index (κ3) is 4.46. The SMILES string of the molecule is CC(C)CCN1CC[C@H](CO)[C@H](NC(=O)C2CC2)C1. The van der Waals surface area contributed by atoms with E-state index in [1.165, 1.54) is 6.42 Å². The second kappa shape index (κ2) is 6.71. The van der Waals surface area contributed by atoms with E-state index in [0.717, 1.165) is 44.8 Å². The van der Waals surface area contributed by atoms with Crippen molar-refractivity contribution in [1.29, 1.82) is 0 Å². The van der Waals surface area contributed by atoms with Crippen LogP contribution in [0.5, 0.6) is 0 Å². The number of carbonyl (C=O) groups is 1. The van der Waals surface area contributed by atoms with Gasteiger partial charge in [-0.15, -0.1) is 0 Å². The van der Waals surface area contributed by atoms with Crippen LogP contribution in [0.4, 0.5) is 0 Å². The summed E-state index contributed by atoms with van der Waals surface area (Å²) in [6.45, 7) is 7.73. The Bertz CT molecular complexity index is 303. The van der Waals surface area contributed by atoms with Crippen molar-refractivity contribution >= 4 is 5.91 Å². The van der Waals surface area contributed by atoms with Gasteiger partial charge >= 0.3 is 0 Å². The molecular weight excluding hydrogens is 240 g/mol. The summed E-state index contributed by atoms with van der Waals surface area (Å²) in [6, 6.07) is 0.138. The number of nitrogens with zero attached hydrogens (tertiary/aromatic N) is 1. The Morgan fingerprint density at radius 2 is 2.11 bits per heavy atom. The molecule has 0 aromatic rings. The zero-order valence-corrected chi connectivity index (χ0v) is 12.3. The molecule has 1 aliphatic heterocycles. The lowest BCUT2D eigenvalue weighted by atomic mass is 9.91. The van der Waals surface area contributed by atoms with E-state index >= 15 is 0 Å². The summed E-state index contributed by atoms with van der Waals surface area (Å²) >= 11 is 0. The predicted molar refractivity (Wildman–Crippen MR) is 75.7 cm³/mol. The fourth-order valence-electron chi connectivity index (χ4n) is 2.74. The topological polar surface area (TPSA) is 52.6 Å². The van der Waals surface area contributed by atoms with Crippen molar-refractivity contribution in [3.63, 3.8) is 0 Å². The molecule has 0 unspecified atom stereocenters. The molecule has 110 valence electrons. The number of nitrogens with one attached hydrogen (secondary N) is 1. The van der Waals surface area contributed by atoms with Crippen molar-refractivity contribution in [2.75, 3.05) is 26.2 Å². The van der Waals surface area contributed by atoms with Crippen LogP contribution in [0.2, 0.25) is 0 Å². The fourth-order valence-corrected chi connectivity index (χ4v) is 2.74. The van der Waals surface area contributed by atoms with E-state index in [0.29, 0.717) is 0 Å². The van der Waals surface area contributed by atoms with E-state index in [-0.39, 0.29) is 30.4 Å². The molecule has 4 nitrogen and oxygen atoms in total. The van der Waals surface area contributed by atoms with Gasteiger partial charge in [-0.25, -0.2) is 0 Å². The monoisotopic (exact) mass is 268 g/mol. The van der Waals surface area contributed by atoms with E-state index in [9.17, 15) is 9.90 Å². The number of aliphatic hydroxyl groups excluding tert-OH is 1. The van der Waals surface area contributed by atoms with E-state index in [2.05, 4.69) is 24.1 Å². The minimum absolute atomic E-state index is 0.138. The van der Waals surface area contributed by atoms with E-state index in [1.807, 2.05) is 0 Å². The van der Waals surface area contributed by atoms with Gasteiger partial charge in [0.15, 0.2) is 0 Å². The lowest BCUT2D eigenvalue weighted by Crippen LogP contribution is -2.54. The third-order valence-corrected chi connectivity index (χ3v) is 4.37. The number of hydrogen-bond acceptors (Lipinski definition) is 3. The maximum Gasteiger partial charge on any atom is 0.223 e. The van der Waals surface area contributed by atoms with Crippen molar-refractivity contribution in [3.8, 4) is 0 Å². The van der Waals surface area contributed by atoms with Gasteiger partial charge in [0.1, 0.15) is 0 Å². The largest absolute Gasteiger partial charge is 0.396 e. The maximum absolute atomic E-state index is 11.9. The molecule has 1 amide bonds. The van der Waals surface area contributed by atoms with Gasteiger partial charge in [0.25, 0.3) is 0 Å². The number of amides is 1. The Kier molecular flexibility index (Phi) is 5.22. The number of piperidine rings is 1. The van der Waals surface area contributed by atoms with Crippen LogP contribution in [0.3, 0.4) is 0 Å². The van der Waals surface area contributed by atoms with Crippen molar-refractivity contribution in [2.45, 2.75) is 45.6 Å². The molecule has 2 fully saturated rings. The van der Waals surface area contributed by atoms with Crippen LogP contribution >= 0.6 is 0 Å². The van der Waals surface area contributed by atoms with Crippen LogP contribution in [0.25, 0.3) is 0 Å². The molecule has 0 aromatic carbocycles. The Hall–Kier alpha value is -0.610. The molecule has 0 bridgehead atoms. The summed E-state index contributed by atoms with van der Waals surface area (Å²) in [4.78, 5) is 14.3. The Morgan fingerprint density at radius 3 is 2.68 bits per heavy atom. The average molecular weight is 268 g/mol. The van der Waals surface area contributed by atoms with Gasteiger partial charge in [0, 0.05) is 31.0 Å². The molecule has 0 aromatic heterocycles. The van der Waals surface area contributed by atoms with Gasteiger partial charge in [-0.1, -0.05) is 13.8 Å². The third-order valence-electron chi connectivity index (χ3n) is 4.37. The maximum atomic E-state index is 11.9. The summed E-state index contributed by atoms with van der Waals surface area (Å²) in [5, 5.41) is 12.6. The quantitative estimate of drug-likeness (QED) is 0.762. The first-order valence-electron chi connectivity index (χ1n) is 7.73. The van der Waals surface area contributed by atoms with Gasteiger partial charge < -0.3 is 15.3 Å². The molecular formula is C15H28N2O2. The molecule has 2 aliphatic rings. The van der Waals surface area contributed by atoms with Crippen molar-refractivity contribution in [3.05, 3.63) is 0 Å². The molecule has 4 heteroatoms. The fraction of sp³-hybridized carbons (Fsp3) is 0.933. The number of aliphatic hydroxyl groups is 1. The minimum Gasteiger partial charge on any atom is -0.396 e. The lowest BCUT2D eigenvalue weighted by molar-refractivity contribution is -0.124. The number of rotatable bonds is 6. The first kappa shape index (κ1) is 14.8. The second-order valence-corrected chi connectivity index (χ2v) is 6.60. The minimum atomic E-state index is 0.138. The van der Waals surface area contributed by atoms with Crippen LogP contribution < -0.4 is 5.32 Å². The summed E-state index contributed by atoms with van der Waals surface area (Å²) in [5.41, 5.74) is 0. The van der Waals surface area contributed by atoms with Crippen LogP contribution in [0.1, 0.15) is 39.5 Å². The van der Waals surface area contributed by atoms with Crippen LogP contribution in [-0.2, 0) is 4.79 Å². The highest BCUT2D eigenvalue weighted by molar-refractivity contribution is 5.81. The Morgan fingerprint density at radius 1 is 1.37 bits per heavy atom. The first-order chi connectivity index (χ1) is 9.10. The van der Waals surface area contributed by atoms with Crippen LogP contribution in [0, 0.1) is 17.8 Å². The molecule has 0 spiro atoms. The van der Waals surface area contributed by atoms with Gasteiger partial charge in [0.2, 0.25) is 5.91 Å². The van der Waals surface area contributed by atoms with Crippen molar-refractivity contribution in [1.82, 2.24) is 10.2 Å². The first-order valence-corrected chi connectivity index (χ1v) is 7.73. The average Bonchev–Trinajstić information content (AvgIpc) is 3.20. The second-order valence-electron chi connectivity index (χ2n) is 6.60. The number of likely N-dealkylation sites (tertiary alicyclic amines) is 1. The zero-order valence-electron chi connectivity index (χ0n) is 12.3. The van der Waals surface area contributed by atoms with E-state index in [1.54, 1.807) is 0 Å². The van der Waals surface area contributed by atoms with Gasteiger partial charge in [-0.3, -0.25) is 4.79 Å². The summed E-state index contributed by atoms with van der Waals surface area (Å²) in [6.07, 6.45) is 4.27. The highest BCUT2D eigenvalue weighted by Crippen LogP contribution is 2.29. The smallest absolute Gasteiger partial charge is 0.223 e. The molecule has 2 rings (SSSR count). The van der Waals surface area contributed by atoms with E-state index < -0.39 is 0 Å². The lowest BCUT2D eigenvalue weighted by Gasteiger charge is -2.38. The number of carbonyl (C=O) groups excluding carboxylic acids is 1. The van der Waals surface area contributed by atoms with E-state index in [4.69, 9.17) is 0 Å². The molecule has 2 N–H and O–H groups in total. The van der Waals surface area contributed by atoms with Gasteiger partial charge in [-0.2, -0.15) is 0 Å². The van der Waals surface area contributed by atoms with Gasteiger partial charge in [-0.05, 0) is 44.7 Å². The Labute approximate surface area is 116 Å². The number of hydrogen-bond donors (Lipinski definition) is 2. The molecule has 1 saturated carbocycles. The molecule has 0 radical (unpaired) electrons. The van der Waals surface area contributed by atoms with Crippen molar-refractivity contribution < 1.29 is 9.90 Å². The molecule has 2 atom stereocenters. The van der Waals surface area contributed by atoms with Gasteiger partial charge in [0.05, 0.1) is 0 Å². The molecule has 19 heavy (non-hydrogen) atoms. The Balaban J connectivity index is 1.83. The molecule has 1 saturated heterocycles. The van der Waals surface area contributed by atoms with Crippen LogP contribution in [0.15, 0.2) is 0 Å². The standard InChI is InChI=1S/C15H28N2O2/c1-11(2)5-7-17-8-6-13(10-18)14(9-17)16-15(19)12-3-4-12/h11-14,18H,3-10H2,1-2H3,(H,16,19)/t13-,14-/m1/s1. The summed E-state index contributed by atoms with van der Waals surface area (Å²) in [5.74, 6) is 1.41. The summed E-state index contributed by atoms with van der Waals surface area (Å²) in [7, 11) is 0. The normalized spacial score (nSPS) is 28.6. The predicted octanol–water partition coefficient (Wildman–Crippen LogP) is 1.24. The molecule has 1 aliphatic carbocycles. The van der Waals surface area contributed by atoms with Crippen LogP contribution in [-0.4, -0.2) is 48.2 Å². The molecule has 1 heterocycles.